The summed E-state index contributed by atoms with van der Waals surface area (Å²) in [6.45, 7) is 0.411. The maximum atomic E-state index is 5.60. The molecular weight excluding hydrogens is 294 g/mol. The summed E-state index contributed by atoms with van der Waals surface area (Å²) < 4.78 is 2.91. The Morgan fingerprint density at radius 1 is 1.22 bits per heavy atom. The zero-order valence-corrected chi connectivity index (χ0v) is 11.0. The van der Waals surface area contributed by atoms with Gasteiger partial charge in [-0.15, -0.1) is 10.2 Å². The van der Waals surface area contributed by atoms with Crippen LogP contribution in [-0.4, -0.2) is 19.6 Å². The van der Waals surface area contributed by atoms with Gasteiger partial charge in [0.15, 0.2) is 11.5 Å². The van der Waals surface area contributed by atoms with E-state index in [-0.39, 0.29) is 0 Å². The van der Waals surface area contributed by atoms with Crippen molar-refractivity contribution in [2.45, 2.75) is 6.54 Å². The summed E-state index contributed by atoms with van der Waals surface area (Å²) in [5.41, 5.74) is 8.19. The summed E-state index contributed by atoms with van der Waals surface area (Å²) in [5.74, 6) is 0.781. The first-order valence-corrected chi connectivity index (χ1v) is 6.23. The fraction of sp³-hybridized carbons (Fsp3) is 0.0833. The highest BCUT2D eigenvalue weighted by Gasteiger charge is 2.08. The first kappa shape index (κ1) is 11.3. The second-order valence-electron chi connectivity index (χ2n) is 3.84. The predicted octanol–water partition coefficient (Wildman–Crippen LogP) is 2.01. The first-order chi connectivity index (χ1) is 8.78. The van der Waals surface area contributed by atoms with E-state index in [0.717, 1.165) is 27.2 Å². The van der Waals surface area contributed by atoms with Crippen molar-refractivity contribution < 1.29 is 0 Å². The van der Waals surface area contributed by atoms with Crippen molar-refractivity contribution in [2.75, 3.05) is 0 Å². The van der Waals surface area contributed by atoms with Crippen LogP contribution in [0.25, 0.3) is 17.0 Å². The van der Waals surface area contributed by atoms with E-state index in [0.29, 0.717) is 6.54 Å². The molecule has 0 radical (unpaired) electrons. The van der Waals surface area contributed by atoms with Crippen LogP contribution in [0, 0.1) is 0 Å². The van der Waals surface area contributed by atoms with Gasteiger partial charge in [0, 0.05) is 29.0 Å². The molecule has 5 nitrogen and oxygen atoms in total. The molecule has 0 bridgehead atoms. The molecule has 0 aliphatic carbocycles. The van der Waals surface area contributed by atoms with Crippen LogP contribution in [0.1, 0.15) is 5.69 Å². The number of nitrogens with two attached hydrogens (primary N) is 1. The molecule has 0 saturated heterocycles. The quantitative estimate of drug-likeness (QED) is 0.786. The molecule has 0 saturated carbocycles. The number of rotatable bonds is 2. The smallest absolute Gasteiger partial charge is 0.168 e. The molecular formula is C12H10BrN5. The lowest BCUT2D eigenvalue weighted by Gasteiger charge is -2.02. The molecule has 90 valence electrons. The minimum absolute atomic E-state index is 0.411. The Morgan fingerprint density at radius 3 is 2.94 bits per heavy atom. The van der Waals surface area contributed by atoms with Crippen LogP contribution in [-0.2, 0) is 6.54 Å². The highest BCUT2D eigenvalue weighted by atomic mass is 79.9. The van der Waals surface area contributed by atoms with Crippen molar-refractivity contribution in [3.05, 3.63) is 46.8 Å². The number of hydrogen-bond acceptors (Lipinski definition) is 4. The number of pyridine rings is 2. The van der Waals surface area contributed by atoms with Crippen molar-refractivity contribution in [3.63, 3.8) is 0 Å². The average molecular weight is 304 g/mol. The average Bonchev–Trinajstić information content (AvgIpc) is 2.81. The van der Waals surface area contributed by atoms with Crippen molar-refractivity contribution in [2.24, 2.45) is 5.73 Å². The van der Waals surface area contributed by atoms with Gasteiger partial charge in [-0.25, -0.2) is 0 Å². The van der Waals surface area contributed by atoms with E-state index >= 15 is 0 Å². The van der Waals surface area contributed by atoms with Crippen LogP contribution in [0.2, 0.25) is 0 Å². The number of hydrogen-bond donors (Lipinski definition) is 1. The van der Waals surface area contributed by atoms with Gasteiger partial charge in [-0.2, -0.15) is 0 Å². The molecule has 0 aliphatic heterocycles. The third-order valence-electron chi connectivity index (χ3n) is 2.65. The molecule has 0 amide bonds. The Bertz CT molecular complexity index is 707. The van der Waals surface area contributed by atoms with Crippen molar-refractivity contribution >= 4 is 21.6 Å². The topological polar surface area (TPSA) is 69.1 Å². The molecule has 3 aromatic heterocycles. The Hall–Kier alpha value is -1.79. The summed E-state index contributed by atoms with van der Waals surface area (Å²) in [6, 6.07) is 7.67. The van der Waals surface area contributed by atoms with Gasteiger partial charge in [-0.3, -0.25) is 9.38 Å². The Labute approximate surface area is 112 Å². The van der Waals surface area contributed by atoms with Crippen LogP contribution in [0.5, 0.6) is 0 Å². The molecule has 0 aliphatic rings. The van der Waals surface area contributed by atoms with Gasteiger partial charge in [0.2, 0.25) is 0 Å². The van der Waals surface area contributed by atoms with Gasteiger partial charge in [-0.05, 0) is 40.2 Å². The minimum Gasteiger partial charge on any atom is -0.325 e. The highest BCUT2D eigenvalue weighted by Crippen LogP contribution is 2.20. The van der Waals surface area contributed by atoms with E-state index in [4.69, 9.17) is 5.73 Å². The van der Waals surface area contributed by atoms with E-state index in [1.165, 1.54) is 0 Å². The molecule has 0 atom stereocenters. The summed E-state index contributed by atoms with van der Waals surface area (Å²) in [4.78, 5) is 4.17. The molecule has 3 rings (SSSR count). The number of halogens is 1. The first-order valence-electron chi connectivity index (χ1n) is 5.43. The van der Waals surface area contributed by atoms with E-state index in [9.17, 15) is 0 Å². The van der Waals surface area contributed by atoms with Crippen molar-refractivity contribution in [1.29, 1.82) is 0 Å². The lowest BCUT2D eigenvalue weighted by atomic mass is 10.2. The molecule has 6 heteroatoms. The fourth-order valence-corrected chi connectivity index (χ4v) is 2.13. The predicted molar refractivity (Wildman–Crippen MR) is 71.8 cm³/mol. The number of nitrogens with zero attached hydrogens (tertiary/aromatic N) is 4. The summed E-state index contributed by atoms with van der Waals surface area (Å²) in [6.07, 6.45) is 3.67. The molecule has 2 N–H and O–H groups in total. The summed E-state index contributed by atoms with van der Waals surface area (Å²) >= 11 is 3.44. The molecule has 0 fully saturated rings. The second-order valence-corrected chi connectivity index (χ2v) is 4.75. The Kier molecular flexibility index (Phi) is 2.81. The lowest BCUT2D eigenvalue weighted by molar-refractivity contribution is 0.987. The van der Waals surface area contributed by atoms with Gasteiger partial charge in [0.25, 0.3) is 0 Å². The summed E-state index contributed by atoms with van der Waals surface area (Å²) in [5, 5.41) is 8.34. The van der Waals surface area contributed by atoms with Crippen LogP contribution in [0.15, 0.2) is 41.1 Å². The third-order valence-corrected chi connectivity index (χ3v) is 3.12. The minimum atomic E-state index is 0.411. The maximum absolute atomic E-state index is 5.60. The molecule has 3 heterocycles. The highest BCUT2D eigenvalue weighted by molar-refractivity contribution is 9.10. The zero-order valence-electron chi connectivity index (χ0n) is 9.42. The lowest BCUT2D eigenvalue weighted by Crippen LogP contribution is -1.99. The second kappa shape index (κ2) is 4.47. The Morgan fingerprint density at radius 2 is 2.11 bits per heavy atom. The van der Waals surface area contributed by atoms with Gasteiger partial charge >= 0.3 is 0 Å². The van der Waals surface area contributed by atoms with E-state index in [1.807, 2.05) is 34.9 Å². The van der Waals surface area contributed by atoms with E-state index in [2.05, 4.69) is 31.1 Å². The van der Waals surface area contributed by atoms with Gasteiger partial charge in [-0.1, -0.05) is 0 Å². The number of fused-ring (bicyclic) bond motifs is 1. The largest absolute Gasteiger partial charge is 0.325 e. The zero-order chi connectivity index (χ0) is 12.5. The van der Waals surface area contributed by atoms with Crippen molar-refractivity contribution in [1.82, 2.24) is 19.6 Å². The summed E-state index contributed by atoms with van der Waals surface area (Å²) in [7, 11) is 0. The van der Waals surface area contributed by atoms with E-state index in [1.54, 1.807) is 6.20 Å². The fourth-order valence-electron chi connectivity index (χ4n) is 1.79. The van der Waals surface area contributed by atoms with Crippen LogP contribution in [0.4, 0.5) is 0 Å². The Balaban J connectivity index is 2.21. The van der Waals surface area contributed by atoms with Crippen LogP contribution >= 0.6 is 15.9 Å². The third kappa shape index (κ3) is 1.89. The van der Waals surface area contributed by atoms with Crippen LogP contribution < -0.4 is 5.73 Å². The van der Waals surface area contributed by atoms with Crippen molar-refractivity contribution in [3.8, 4) is 11.4 Å². The van der Waals surface area contributed by atoms with Gasteiger partial charge < -0.3 is 5.73 Å². The molecule has 0 unspecified atom stereocenters. The monoisotopic (exact) mass is 303 g/mol. The molecule has 0 aromatic carbocycles. The number of aromatic nitrogens is 4. The maximum Gasteiger partial charge on any atom is 0.168 e. The van der Waals surface area contributed by atoms with E-state index < -0.39 is 0 Å². The van der Waals surface area contributed by atoms with Gasteiger partial charge in [0.1, 0.15) is 0 Å². The van der Waals surface area contributed by atoms with Crippen LogP contribution in [0.3, 0.4) is 0 Å². The molecule has 0 spiro atoms. The van der Waals surface area contributed by atoms with Gasteiger partial charge in [0.05, 0.1) is 5.69 Å². The standard InChI is InChI=1S/C12H10BrN5/c13-9-1-2-11-16-17-12(18(11)7-9)8-3-4-15-10(5-8)6-14/h1-5,7H,6,14H2. The SMILES string of the molecule is NCc1cc(-c2nnc3ccc(Br)cn23)ccn1. The molecule has 18 heavy (non-hydrogen) atoms. The molecule has 3 aromatic rings. The normalized spacial score (nSPS) is 11.0.